The van der Waals surface area contributed by atoms with Gasteiger partial charge in [0.2, 0.25) is 0 Å². The van der Waals surface area contributed by atoms with Crippen molar-refractivity contribution < 1.29 is 0 Å². The molecule has 0 radical (unpaired) electrons. The predicted octanol–water partition coefficient (Wildman–Crippen LogP) is 16.4. The topological polar surface area (TPSA) is 62.4 Å². The minimum absolute atomic E-state index is 0.574. The van der Waals surface area contributed by atoms with Crippen molar-refractivity contribution in [3.63, 3.8) is 0 Å². The molecule has 14 aromatic rings. The van der Waals surface area contributed by atoms with Gasteiger partial charge in [0.15, 0.2) is 0 Å². The summed E-state index contributed by atoms with van der Waals surface area (Å²) in [5, 5.41) is 29.7. The van der Waals surface area contributed by atoms with Gasteiger partial charge in [-0.1, -0.05) is 115 Å². The number of nitriles is 2. The fourth-order valence-corrected chi connectivity index (χ4v) is 12.0. The smallest absolute Gasteiger partial charge is 0.0998 e. The van der Waals surface area contributed by atoms with Gasteiger partial charge in [-0.2, -0.15) is 10.5 Å². The number of hydrogen-bond donors (Lipinski definition) is 0. The Morgan fingerprint density at radius 3 is 1.69 bits per heavy atom. The maximum atomic E-state index is 10.4. The number of nitrogens with zero attached hydrogens (tertiary/aromatic N) is 5. The molecule has 0 unspecified atom stereocenters. The number of fused-ring (bicyclic) bond motifs is 13. The summed E-state index contributed by atoms with van der Waals surface area (Å²) >= 11 is 1.84. The average molecular weight is 882 g/mol. The zero-order valence-electron chi connectivity index (χ0n) is 36.4. The number of benzene rings is 10. The molecule has 0 atom stereocenters. The second-order valence-electron chi connectivity index (χ2n) is 17.5. The van der Waals surface area contributed by atoms with Gasteiger partial charge < -0.3 is 13.7 Å². The van der Waals surface area contributed by atoms with Crippen LogP contribution < -0.4 is 0 Å². The van der Waals surface area contributed by atoms with Crippen LogP contribution in [0.1, 0.15) is 11.1 Å². The van der Waals surface area contributed by atoms with Gasteiger partial charge in [0.05, 0.1) is 56.4 Å². The normalized spacial score (nSPS) is 11.8. The molecule has 6 heteroatoms. The molecule has 0 aliphatic carbocycles. The van der Waals surface area contributed by atoms with Crippen molar-refractivity contribution in [2.24, 2.45) is 0 Å². The Bertz CT molecular complexity index is 4510. The van der Waals surface area contributed by atoms with Crippen molar-refractivity contribution in [3.8, 4) is 51.5 Å². The van der Waals surface area contributed by atoms with Crippen LogP contribution in [-0.2, 0) is 0 Å². The maximum absolute atomic E-state index is 10.4. The average Bonchev–Trinajstić information content (AvgIpc) is 4.14. The summed E-state index contributed by atoms with van der Waals surface area (Å²) < 4.78 is 9.83. The number of para-hydroxylation sites is 4. The van der Waals surface area contributed by atoms with Gasteiger partial charge in [-0.3, -0.25) is 0 Å². The van der Waals surface area contributed by atoms with E-state index in [0.29, 0.717) is 11.1 Å². The Balaban J connectivity index is 1.10. The van der Waals surface area contributed by atoms with Crippen molar-refractivity contribution in [2.75, 3.05) is 0 Å². The summed E-state index contributed by atoms with van der Waals surface area (Å²) in [4.78, 5) is 0. The van der Waals surface area contributed by atoms with E-state index in [2.05, 4.69) is 208 Å². The van der Waals surface area contributed by atoms with Crippen LogP contribution in [0.3, 0.4) is 0 Å². The molecule has 0 bridgehead atoms. The summed E-state index contributed by atoms with van der Waals surface area (Å²) in [6.45, 7) is 0. The molecule has 314 valence electrons. The quantitative estimate of drug-likeness (QED) is 0.173. The summed E-state index contributed by atoms with van der Waals surface area (Å²) in [6.07, 6.45) is 0. The van der Waals surface area contributed by atoms with E-state index in [1.165, 1.54) is 63.5 Å². The van der Waals surface area contributed by atoms with Crippen molar-refractivity contribution in [1.82, 2.24) is 13.7 Å². The Morgan fingerprint density at radius 1 is 0.338 bits per heavy atom. The fourth-order valence-electron chi connectivity index (χ4n) is 10.9. The number of hydrogen-bond acceptors (Lipinski definition) is 3. The molecule has 4 aromatic heterocycles. The van der Waals surface area contributed by atoms with Crippen LogP contribution in [0.4, 0.5) is 0 Å². The third-order valence-corrected chi connectivity index (χ3v) is 15.0. The van der Waals surface area contributed by atoms with Crippen molar-refractivity contribution in [1.29, 1.82) is 10.5 Å². The molecule has 0 spiro atoms. The van der Waals surface area contributed by atoms with Gasteiger partial charge in [0.25, 0.3) is 0 Å². The highest BCUT2D eigenvalue weighted by molar-refractivity contribution is 7.25. The van der Waals surface area contributed by atoms with Crippen LogP contribution in [0.15, 0.2) is 212 Å². The standard InChI is InChI=1S/C62H35N5S/c63-36-38-22-24-39(25-23-38)51-32-40(26-27-41(51)37-64)42-30-44(33-45(31-42)66-54-18-8-5-15-47(54)52-34-53-48-16-7-11-21-59(48)68-60(53)35-58(52)66)65-56-20-10-6-17-50(56)61-57(65)29-28-49-46-14-4-9-19-55(46)67(62(49)61)43-12-2-1-3-13-43/h1-35H. The Kier molecular flexibility index (Phi) is 8.21. The van der Waals surface area contributed by atoms with Crippen LogP contribution >= 0.6 is 11.3 Å². The molecular formula is C62H35N5S. The van der Waals surface area contributed by atoms with E-state index in [1.54, 1.807) is 0 Å². The highest BCUT2D eigenvalue weighted by Gasteiger charge is 2.23. The van der Waals surface area contributed by atoms with Crippen LogP contribution in [0.25, 0.3) is 125 Å². The molecule has 4 heterocycles. The number of rotatable bonds is 5. The zero-order valence-corrected chi connectivity index (χ0v) is 37.2. The third-order valence-electron chi connectivity index (χ3n) is 13.9. The monoisotopic (exact) mass is 881 g/mol. The summed E-state index contributed by atoms with van der Waals surface area (Å²) in [7, 11) is 0. The lowest BCUT2D eigenvalue weighted by Gasteiger charge is -2.17. The largest absolute Gasteiger partial charge is 0.309 e. The molecule has 0 amide bonds. The maximum Gasteiger partial charge on any atom is 0.0998 e. The Hall–Kier alpha value is -9.20. The lowest BCUT2D eigenvalue weighted by atomic mass is 9.94. The third kappa shape index (κ3) is 5.53. The van der Waals surface area contributed by atoms with Gasteiger partial charge in [0.1, 0.15) is 0 Å². The van der Waals surface area contributed by atoms with Crippen molar-refractivity contribution in [3.05, 3.63) is 223 Å². The lowest BCUT2D eigenvalue weighted by Crippen LogP contribution is -2.00. The number of aromatic nitrogens is 3. The summed E-state index contributed by atoms with van der Waals surface area (Å²) in [5.41, 5.74) is 14.8. The van der Waals surface area contributed by atoms with Gasteiger partial charge in [-0.15, -0.1) is 11.3 Å². The molecule has 0 aliphatic heterocycles. The molecule has 0 fully saturated rings. The number of thiophene rings is 1. The minimum atomic E-state index is 0.574. The van der Waals surface area contributed by atoms with E-state index in [0.717, 1.165) is 61.4 Å². The molecular weight excluding hydrogens is 847 g/mol. The molecule has 5 nitrogen and oxygen atoms in total. The van der Waals surface area contributed by atoms with E-state index >= 15 is 0 Å². The first-order valence-electron chi connectivity index (χ1n) is 22.7. The zero-order chi connectivity index (χ0) is 45.0. The van der Waals surface area contributed by atoms with Gasteiger partial charge in [-0.25, -0.2) is 0 Å². The van der Waals surface area contributed by atoms with Gasteiger partial charge >= 0.3 is 0 Å². The minimum Gasteiger partial charge on any atom is -0.309 e. The van der Waals surface area contributed by atoms with E-state index < -0.39 is 0 Å². The highest BCUT2D eigenvalue weighted by Crippen LogP contribution is 2.45. The summed E-state index contributed by atoms with van der Waals surface area (Å²) in [5.74, 6) is 0. The molecule has 0 N–H and O–H groups in total. The first-order valence-corrected chi connectivity index (χ1v) is 23.5. The molecule has 0 saturated heterocycles. The molecule has 0 aliphatic rings. The van der Waals surface area contributed by atoms with Crippen LogP contribution in [0.2, 0.25) is 0 Å². The van der Waals surface area contributed by atoms with Crippen LogP contribution in [-0.4, -0.2) is 13.7 Å². The van der Waals surface area contributed by atoms with Crippen molar-refractivity contribution >= 4 is 96.9 Å². The van der Waals surface area contributed by atoms with Gasteiger partial charge in [-0.05, 0) is 114 Å². The fraction of sp³-hybridized carbons (Fsp3) is 0. The first kappa shape index (κ1) is 38.1. The second kappa shape index (κ2) is 14.7. The SMILES string of the molecule is N#Cc1ccc(-c2cc(-c3cc(-n4c5ccccc5c5cc6c(cc54)sc4ccccc46)cc(-n4c5ccccc5c5c4ccc4c6ccccc6n(-c6ccccc6)c45)c3)ccc2C#N)cc1. The van der Waals surface area contributed by atoms with E-state index in [1.807, 2.05) is 41.7 Å². The molecule has 10 aromatic carbocycles. The van der Waals surface area contributed by atoms with Crippen molar-refractivity contribution in [2.45, 2.75) is 0 Å². The second-order valence-corrected chi connectivity index (χ2v) is 18.6. The van der Waals surface area contributed by atoms with E-state index in [9.17, 15) is 10.5 Å². The van der Waals surface area contributed by atoms with E-state index in [4.69, 9.17) is 0 Å². The Morgan fingerprint density at radius 2 is 0.956 bits per heavy atom. The van der Waals surface area contributed by atoms with Gasteiger partial charge in [0, 0.05) is 75.1 Å². The first-order chi connectivity index (χ1) is 33.6. The molecule has 68 heavy (non-hydrogen) atoms. The Labute approximate surface area is 394 Å². The summed E-state index contributed by atoms with van der Waals surface area (Å²) in [6, 6.07) is 80.3. The molecule has 0 saturated carbocycles. The van der Waals surface area contributed by atoms with Crippen LogP contribution in [0.5, 0.6) is 0 Å². The van der Waals surface area contributed by atoms with Crippen LogP contribution in [0, 0.1) is 22.7 Å². The lowest BCUT2D eigenvalue weighted by molar-refractivity contribution is 1.13. The predicted molar refractivity (Wildman–Crippen MR) is 283 cm³/mol. The highest BCUT2D eigenvalue weighted by atomic mass is 32.1. The van der Waals surface area contributed by atoms with E-state index in [-0.39, 0.29) is 0 Å². The molecule has 14 rings (SSSR count).